The van der Waals surface area contributed by atoms with Crippen LogP contribution in [0.1, 0.15) is 65.2 Å². The number of rotatable bonds is 11. The van der Waals surface area contributed by atoms with E-state index in [4.69, 9.17) is 8.05 Å². The van der Waals surface area contributed by atoms with Crippen molar-refractivity contribution in [3.63, 3.8) is 0 Å². The third-order valence-corrected chi connectivity index (χ3v) is 3.98. The Labute approximate surface area is 119 Å². The highest BCUT2D eigenvalue weighted by molar-refractivity contribution is 6.05. The van der Waals surface area contributed by atoms with Crippen molar-refractivity contribution in [2.24, 2.45) is 5.92 Å². The van der Waals surface area contributed by atoms with Crippen LogP contribution in [-0.4, -0.2) is 38.0 Å². The number of carbonyl (C=O) groups excluding carboxylic acids is 1. The average Bonchev–Trinajstić information content (AvgIpc) is 3.25. The van der Waals surface area contributed by atoms with Crippen LogP contribution in [0.4, 0.5) is 0 Å². The van der Waals surface area contributed by atoms with Gasteiger partial charge in [0.05, 0.1) is 5.92 Å². The lowest BCUT2D eigenvalue weighted by Crippen LogP contribution is -2.31. The average molecular weight is 265 g/mol. The van der Waals surface area contributed by atoms with Crippen LogP contribution < -0.4 is 0 Å². The molecular weight excluding hydrogens is 237 g/mol. The van der Waals surface area contributed by atoms with Crippen LogP contribution in [0.25, 0.3) is 0 Å². The molecule has 108 valence electrons. The van der Waals surface area contributed by atoms with Crippen LogP contribution in [0.5, 0.6) is 0 Å². The second-order valence-corrected chi connectivity index (χ2v) is 5.69. The van der Waals surface area contributed by atoms with Crippen molar-refractivity contribution in [1.29, 1.82) is 0 Å². The number of hydrogen-bond acceptors (Lipinski definition) is 3. The van der Waals surface area contributed by atoms with E-state index in [0.717, 1.165) is 38.3 Å². The summed E-state index contributed by atoms with van der Waals surface area (Å²) < 4.78 is 4.44. The molecule has 4 heteroatoms. The molecule has 2 radical (unpaired) electrons. The molecule has 0 bridgehead atoms. The van der Waals surface area contributed by atoms with Gasteiger partial charge >= 0.3 is 8.05 Å². The van der Waals surface area contributed by atoms with E-state index in [1.807, 2.05) is 0 Å². The van der Waals surface area contributed by atoms with E-state index < -0.39 is 0 Å². The molecule has 1 atom stereocenters. The summed E-state index contributed by atoms with van der Waals surface area (Å²) >= 11 is 0. The lowest BCUT2D eigenvalue weighted by atomic mass is 9.98. The zero-order valence-corrected chi connectivity index (χ0v) is 12.6. The van der Waals surface area contributed by atoms with E-state index in [-0.39, 0.29) is 11.9 Å². The number of unbranched alkanes of at least 4 members (excludes halogenated alkanes) is 2. The van der Waals surface area contributed by atoms with Crippen LogP contribution in [-0.2, 0) is 9.45 Å². The molecule has 1 aliphatic carbocycles. The van der Waals surface area contributed by atoms with E-state index in [2.05, 4.69) is 23.4 Å². The van der Waals surface area contributed by atoms with Crippen molar-refractivity contribution in [1.82, 2.24) is 4.90 Å². The van der Waals surface area contributed by atoms with Gasteiger partial charge in [-0.1, -0.05) is 33.1 Å². The maximum absolute atomic E-state index is 11.7. The SMILES string of the molecule is [B]OC(=O)C(CCCC)CCN(CCCC)C1CC1. The molecule has 0 saturated heterocycles. The molecule has 1 unspecified atom stereocenters. The van der Waals surface area contributed by atoms with Gasteiger partial charge in [-0.25, -0.2) is 0 Å². The van der Waals surface area contributed by atoms with E-state index in [0.29, 0.717) is 0 Å². The quantitative estimate of drug-likeness (QED) is 0.538. The van der Waals surface area contributed by atoms with Crippen molar-refractivity contribution in [3.05, 3.63) is 0 Å². The molecule has 0 aromatic carbocycles. The van der Waals surface area contributed by atoms with Gasteiger partial charge in [0.2, 0.25) is 0 Å². The number of hydrogen-bond donors (Lipinski definition) is 0. The van der Waals surface area contributed by atoms with E-state index in [9.17, 15) is 4.79 Å². The summed E-state index contributed by atoms with van der Waals surface area (Å²) in [6.07, 6.45) is 9.09. The molecule has 1 rings (SSSR count). The number of nitrogens with zero attached hydrogens (tertiary/aromatic N) is 1. The zero-order chi connectivity index (χ0) is 14.1. The Kier molecular flexibility index (Phi) is 8.19. The first kappa shape index (κ1) is 16.5. The van der Waals surface area contributed by atoms with Gasteiger partial charge in [-0.15, -0.1) is 0 Å². The van der Waals surface area contributed by atoms with Gasteiger partial charge in [0.25, 0.3) is 5.97 Å². The van der Waals surface area contributed by atoms with E-state index in [1.165, 1.54) is 32.2 Å². The molecule has 1 saturated carbocycles. The van der Waals surface area contributed by atoms with Crippen molar-refractivity contribution in [3.8, 4) is 0 Å². The van der Waals surface area contributed by atoms with Gasteiger partial charge in [0, 0.05) is 6.04 Å². The summed E-state index contributed by atoms with van der Waals surface area (Å²) in [5.41, 5.74) is 0. The van der Waals surface area contributed by atoms with Gasteiger partial charge in [-0.2, -0.15) is 0 Å². The van der Waals surface area contributed by atoms with Crippen LogP contribution in [0.15, 0.2) is 0 Å². The monoisotopic (exact) mass is 265 g/mol. The Morgan fingerprint density at radius 3 is 2.42 bits per heavy atom. The van der Waals surface area contributed by atoms with Crippen molar-refractivity contribution in [2.45, 2.75) is 71.3 Å². The molecule has 19 heavy (non-hydrogen) atoms. The van der Waals surface area contributed by atoms with Crippen LogP contribution in [0.2, 0.25) is 0 Å². The molecule has 0 N–H and O–H groups in total. The van der Waals surface area contributed by atoms with E-state index >= 15 is 0 Å². The maximum atomic E-state index is 11.7. The Morgan fingerprint density at radius 1 is 1.21 bits per heavy atom. The fourth-order valence-corrected chi connectivity index (χ4v) is 2.53. The summed E-state index contributed by atoms with van der Waals surface area (Å²) in [4.78, 5) is 14.2. The van der Waals surface area contributed by atoms with Crippen LogP contribution in [0, 0.1) is 5.92 Å². The van der Waals surface area contributed by atoms with Crippen molar-refractivity contribution >= 4 is 14.0 Å². The first-order valence-electron chi connectivity index (χ1n) is 7.87. The zero-order valence-electron chi connectivity index (χ0n) is 12.6. The minimum absolute atomic E-state index is 0.0205. The van der Waals surface area contributed by atoms with Crippen molar-refractivity contribution < 1.29 is 9.45 Å². The molecular formula is C15H28BNO2. The fourth-order valence-electron chi connectivity index (χ4n) is 2.53. The molecule has 0 spiro atoms. The molecule has 0 aromatic rings. The maximum Gasteiger partial charge on any atom is 0.378 e. The predicted molar refractivity (Wildman–Crippen MR) is 79.0 cm³/mol. The van der Waals surface area contributed by atoms with Gasteiger partial charge in [0.1, 0.15) is 0 Å². The molecule has 1 fully saturated rings. The Bertz CT molecular complexity index is 257. The Balaban J connectivity index is 2.36. The second-order valence-electron chi connectivity index (χ2n) is 5.69. The molecule has 1 aliphatic rings. The minimum Gasteiger partial charge on any atom is -0.543 e. The van der Waals surface area contributed by atoms with E-state index in [1.54, 1.807) is 0 Å². The topological polar surface area (TPSA) is 29.5 Å². The first-order chi connectivity index (χ1) is 9.22. The van der Waals surface area contributed by atoms with Crippen LogP contribution in [0.3, 0.4) is 0 Å². The largest absolute Gasteiger partial charge is 0.543 e. The van der Waals surface area contributed by atoms with Gasteiger partial charge < -0.3 is 9.55 Å². The van der Waals surface area contributed by atoms with Gasteiger partial charge in [-0.3, -0.25) is 4.79 Å². The molecule has 0 heterocycles. The lowest BCUT2D eigenvalue weighted by molar-refractivity contribution is -0.139. The Morgan fingerprint density at radius 2 is 1.89 bits per heavy atom. The summed E-state index contributed by atoms with van der Waals surface area (Å²) in [7, 11) is 5.04. The molecule has 3 nitrogen and oxygen atoms in total. The Hall–Kier alpha value is -0.505. The number of carbonyl (C=O) groups is 1. The smallest absolute Gasteiger partial charge is 0.378 e. The standard InChI is InChI=1S/C15H28BNO2/c1-3-5-7-13(15(18)19-16)10-12-17(11-6-4-2)14-8-9-14/h13-14H,3-12H2,1-2H3. The lowest BCUT2D eigenvalue weighted by Gasteiger charge is -2.24. The normalized spacial score (nSPS) is 16.6. The van der Waals surface area contributed by atoms with Gasteiger partial charge in [0.15, 0.2) is 0 Å². The highest BCUT2D eigenvalue weighted by atomic mass is 16.5. The van der Waals surface area contributed by atoms with Gasteiger partial charge in [-0.05, 0) is 45.2 Å². The predicted octanol–water partition coefficient (Wildman–Crippen LogP) is 3.07. The molecule has 0 aliphatic heterocycles. The molecule has 0 amide bonds. The second kappa shape index (κ2) is 9.41. The summed E-state index contributed by atoms with van der Waals surface area (Å²) in [6, 6.07) is 0.771. The molecule has 0 aromatic heterocycles. The van der Waals surface area contributed by atoms with Crippen LogP contribution >= 0.6 is 0 Å². The summed E-state index contributed by atoms with van der Waals surface area (Å²) in [6.45, 7) is 6.54. The first-order valence-corrected chi connectivity index (χ1v) is 7.87. The summed E-state index contributed by atoms with van der Waals surface area (Å²) in [5.74, 6) is -0.257. The summed E-state index contributed by atoms with van der Waals surface area (Å²) in [5, 5.41) is 0. The third-order valence-electron chi connectivity index (χ3n) is 3.98. The fraction of sp³-hybridized carbons (Fsp3) is 0.933. The third kappa shape index (κ3) is 6.46. The highest BCUT2D eigenvalue weighted by Crippen LogP contribution is 2.28. The van der Waals surface area contributed by atoms with Crippen molar-refractivity contribution in [2.75, 3.05) is 13.1 Å². The minimum atomic E-state index is -0.236. The highest BCUT2D eigenvalue weighted by Gasteiger charge is 2.29.